The molecule has 1 aromatic rings. The minimum Gasteiger partial charge on any atom is -0.481 e. The molecule has 1 aliphatic heterocycles. The Bertz CT molecular complexity index is 608. The topological polar surface area (TPSA) is 57.6 Å². The minimum absolute atomic E-state index is 0.0276. The second kappa shape index (κ2) is 6.91. The van der Waals surface area contributed by atoms with Gasteiger partial charge in [0.15, 0.2) is 0 Å². The third kappa shape index (κ3) is 3.17. The van der Waals surface area contributed by atoms with E-state index in [2.05, 4.69) is 0 Å². The molecular formula is C19H24FNO3. The summed E-state index contributed by atoms with van der Waals surface area (Å²) in [5.74, 6) is -1.58. The lowest BCUT2D eigenvalue weighted by atomic mass is 9.68. The van der Waals surface area contributed by atoms with Crippen LogP contribution >= 0.6 is 0 Å². The Hall–Kier alpha value is -1.91. The van der Waals surface area contributed by atoms with Gasteiger partial charge in [0, 0.05) is 13.1 Å². The van der Waals surface area contributed by atoms with Crippen LogP contribution in [0.2, 0.25) is 0 Å². The molecule has 1 aromatic carbocycles. The van der Waals surface area contributed by atoms with Crippen molar-refractivity contribution in [1.29, 1.82) is 0 Å². The van der Waals surface area contributed by atoms with Crippen molar-refractivity contribution in [3.05, 3.63) is 35.6 Å². The molecule has 2 fully saturated rings. The predicted molar refractivity (Wildman–Crippen MR) is 88.1 cm³/mol. The van der Waals surface area contributed by atoms with Crippen molar-refractivity contribution in [1.82, 2.24) is 4.90 Å². The summed E-state index contributed by atoms with van der Waals surface area (Å²) in [4.78, 5) is 26.4. The van der Waals surface area contributed by atoms with Crippen molar-refractivity contribution in [3.8, 4) is 0 Å². The van der Waals surface area contributed by atoms with Crippen LogP contribution in [0, 0.1) is 11.7 Å². The Morgan fingerprint density at radius 2 is 1.75 bits per heavy atom. The van der Waals surface area contributed by atoms with E-state index in [0.29, 0.717) is 13.0 Å². The van der Waals surface area contributed by atoms with Crippen LogP contribution in [0.1, 0.15) is 50.5 Å². The molecule has 1 saturated heterocycles. The molecule has 0 bridgehead atoms. The lowest BCUT2D eigenvalue weighted by molar-refractivity contribution is -0.148. The molecule has 1 atom stereocenters. The minimum atomic E-state index is -0.827. The van der Waals surface area contributed by atoms with E-state index in [1.165, 1.54) is 12.1 Å². The second-order valence-corrected chi connectivity index (χ2v) is 7.08. The number of hydrogen-bond donors (Lipinski definition) is 1. The Labute approximate surface area is 141 Å². The quantitative estimate of drug-likeness (QED) is 0.923. The largest absolute Gasteiger partial charge is 0.481 e. The molecule has 0 radical (unpaired) electrons. The Kier molecular flexibility index (Phi) is 4.88. The maximum Gasteiger partial charge on any atom is 0.308 e. The summed E-state index contributed by atoms with van der Waals surface area (Å²) < 4.78 is 13.3. The first-order valence-corrected chi connectivity index (χ1v) is 8.81. The van der Waals surface area contributed by atoms with Gasteiger partial charge in [-0.05, 0) is 43.4 Å². The Morgan fingerprint density at radius 3 is 2.38 bits per heavy atom. The van der Waals surface area contributed by atoms with Gasteiger partial charge in [-0.1, -0.05) is 31.4 Å². The summed E-state index contributed by atoms with van der Waals surface area (Å²) in [6, 6.07) is 6.26. The van der Waals surface area contributed by atoms with Crippen molar-refractivity contribution in [2.45, 2.75) is 50.4 Å². The molecule has 1 N–H and O–H groups in total. The van der Waals surface area contributed by atoms with Gasteiger partial charge >= 0.3 is 5.97 Å². The number of nitrogens with zero attached hydrogens (tertiary/aromatic N) is 1. The maximum absolute atomic E-state index is 13.4. The predicted octanol–water partition coefficient (Wildman–Crippen LogP) is 3.35. The number of aliphatic carboxylic acids is 1. The van der Waals surface area contributed by atoms with Crippen LogP contribution < -0.4 is 0 Å². The molecule has 130 valence electrons. The monoisotopic (exact) mass is 333 g/mol. The van der Waals surface area contributed by atoms with Crippen LogP contribution in [0.5, 0.6) is 0 Å². The molecular weight excluding hydrogens is 309 g/mol. The Balaban J connectivity index is 1.89. The van der Waals surface area contributed by atoms with E-state index in [1.54, 1.807) is 17.0 Å². The average molecular weight is 333 g/mol. The van der Waals surface area contributed by atoms with E-state index in [1.807, 2.05) is 0 Å². The molecule has 3 rings (SSSR count). The smallest absolute Gasteiger partial charge is 0.308 e. The average Bonchev–Trinajstić information content (AvgIpc) is 2.62. The SMILES string of the molecule is O=C(O)C1CCCN(C(=O)C2(c3ccc(F)cc3)CCCCC2)C1. The summed E-state index contributed by atoms with van der Waals surface area (Å²) in [7, 11) is 0. The molecule has 24 heavy (non-hydrogen) atoms. The van der Waals surface area contributed by atoms with E-state index >= 15 is 0 Å². The zero-order valence-corrected chi connectivity index (χ0v) is 13.8. The van der Waals surface area contributed by atoms with Crippen LogP contribution in [-0.4, -0.2) is 35.0 Å². The highest BCUT2D eigenvalue weighted by Gasteiger charge is 2.44. The highest BCUT2D eigenvalue weighted by atomic mass is 19.1. The van der Waals surface area contributed by atoms with Gasteiger partial charge in [0.05, 0.1) is 11.3 Å². The highest BCUT2D eigenvalue weighted by Crippen LogP contribution is 2.41. The van der Waals surface area contributed by atoms with Gasteiger partial charge in [0.2, 0.25) is 5.91 Å². The van der Waals surface area contributed by atoms with Gasteiger partial charge in [-0.3, -0.25) is 9.59 Å². The van der Waals surface area contributed by atoms with Crippen LogP contribution in [0.4, 0.5) is 4.39 Å². The zero-order valence-electron chi connectivity index (χ0n) is 13.8. The van der Waals surface area contributed by atoms with Crippen molar-refractivity contribution >= 4 is 11.9 Å². The van der Waals surface area contributed by atoms with Gasteiger partial charge in [-0.15, -0.1) is 0 Å². The summed E-state index contributed by atoms with van der Waals surface area (Å²) in [6.45, 7) is 0.905. The summed E-state index contributed by atoms with van der Waals surface area (Å²) in [6.07, 6.45) is 5.91. The number of piperidine rings is 1. The number of carbonyl (C=O) groups excluding carboxylic acids is 1. The van der Waals surface area contributed by atoms with Crippen LogP contribution in [0.15, 0.2) is 24.3 Å². The molecule has 2 aliphatic rings. The van der Waals surface area contributed by atoms with Gasteiger partial charge in [0.25, 0.3) is 0 Å². The standard InChI is InChI=1S/C19H24FNO3/c20-16-8-6-15(7-9-16)19(10-2-1-3-11-19)18(24)21-12-4-5-14(13-21)17(22)23/h6-9,14H,1-5,10-13H2,(H,22,23). The van der Waals surface area contributed by atoms with Crippen LogP contribution in [0.3, 0.4) is 0 Å². The van der Waals surface area contributed by atoms with Gasteiger partial charge in [-0.2, -0.15) is 0 Å². The molecule has 1 heterocycles. The second-order valence-electron chi connectivity index (χ2n) is 7.08. The fourth-order valence-corrected chi connectivity index (χ4v) is 4.22. The number of likely N-dealkylation sites (tertiary alicyclic amines) is 1. The molecule has 4 nitrogen and oxygen atoms in total. The molecule has 5 heteroatoms. The van der Waals surface area contributed by atoms with Gasteiger partial charge < -0.3 is 10.0 Å². The fourth-order valence-electron chi connectivity index (χ4n) is 4.22. The van der Waals surface area contributed by atoms with Crippen molar-refractivity contribution in [2.24, 2.45) is 5.92 Å². The van der Waals surface area contributed by atoms with E-state index in [0.717, 1.165) is 44.1 Å². The highest BCUT2D eigenvalue weighted by molar-refractivity contribution is 5.89. The number of rotatable bonds is 3. The number of carboxylic acid groups (broad SMARTS) is 1. The normalized spacial score (nSPS) is 23.7. The molecule has 1 amide bonds. The molecule has 0 spiro atoms. The Morgan fingerprint density at radius 1 is 1.08 bits per heavy atom. The van der Waals surface area contributed by atoms with Gasteiger partial charge in [-0.25, -0.2) is 4.39 Å². The summed E-state index contributed by atoms with van der Waals surface area (Å²) in [5, 5.41) is 9.28. The molecule has 0 aromatic heterocycles. The zero-order chi connectivity index (χ0) is 17.2. The number of hydrogen-bond acceptors (Lipinski definition) is 2. The molecule has 1 aliphatic carbocycles. The van der Waals surface area contributed by atoms with E-state index in [9.17, 15) is 19.1 Å². The van der Waals surface area contributed by atoms with E-state index < -0.39 is 17.3 Å². The number of carbonyl (C=O) groups is 2. The number of halogens is 1. The fraction of sp³-hybridized carbons (Fsp3) is 0.579. The first-order valence-electron chi connectivity index (χ1n) is 8.81. The van der Waals surface area contributed by atoms with Crippen LogP contribution in [-0.2, 0) is 15.0 Å². The molecule has 1 unspecified atom stereocenters. The summed E-state index contributed by atoms with van der Waals surface area (Å²) >= 11 is 0. The third-order valence-corrected chi connectivity index (χ3v) is 5.57. The maximum atomic E-state index is 13.4. The number of amides is 1. The lowest BCUT2D eigenvalue weighted by Crippen LogP contribution is -2.52. The summed E-state index contributed by atoms with van der Waals surface area (Å²) in [5.41, 5.74) is 0.248. The van der Waals surface area contributed by atoms with Crippen molar-refractivity contribution < 1.29 is 19.1 Å². The van der Waals surface area contributed by atoms with Gasteiger partial charge in [0.1, 0.15) is 5.82 Å². The van der Waals surface area contributed by atoms with Crippen molar-refractivity contribution in [3.63, 3.8) is 0 Å². The van der Waals surface area contributed by atoms with Crippen molar-refractivity contribution in [2.75, 3.05) is 13.1 Å². The third-order valence-electron chi connectivity index (χ3n) is 5.57. The first-order chi connectivity index (χ1) is 11.5. The molecule has 1 saturated carbocycles. The van der Waals surface area contributed by atoms with E-state index in [4.69, 9.17) is 0 Å². The van der Waals surface area contributed by atoms with E-state index in [-0.39, 0.29) is 18.3 Å². The lowest BCUT2D eigenvalue weighted by Gasteiger charge is -2.42. The first kappa shape index (κ1) is 16.9. The van der Waals surface area contributed by atoms with Crippen LogP contribution in [0.25, 0.3) is 0 Å². The number of carboxylic acids is 1. The number of benzene rings is 1.